The Morgan fingerprint density at radius 3 is 2.42 bits per heavy atom. The van der Waals surface area contributed by atoms with E-state index >= 15 is 0 Å². The summed E-state index contributed by atoms with van der Waals surface area (Å²) in [7, 11) is 5.20. The van der Waals surface area contributed by atoms with Crippen molar-refractivity contribution in [2.24, 2.45) is 0 Å². The van der Waals surface area contributed by atoms with Crippen molar-refractivity contribution in [3.05, 3.63) is 12.7 Å². The van der Waals surface area contributed by atoms with E-state index in [-0.39, 0.29) is 6.42 Å². The lowest BCUT2D eigenvalue weighted by Crippen LogP contribution is -2.44. The van der Waals surface area contributed by atoms with E-state index in [2.05, 4.69) is 11.3 Å². The highest BCUT2D eigenvalue weighted by molar-refractivity contribution is 5.81. The summed E-state index contributed by atoms with van der Waals surface area (Å²) >= 11 is 0. The quantitative estimate of drug-likeness (QED) is 0.460. The standard InChI is InChI=1S/C13H24N2O4/c1-5-7-15(9-6-8-14(2)3)11(10-12(16)17)13(18)19-4/h5,11H,1,6-10H2,2-4H3,(H,16,17)/t11-/m0/s1. The Kier molecular flexibility index (Phi) is 8.82. The first-order valence-electron chi connectivity index (χ1n) is 6.21. The van der Waals surface area contributed by atoms with Crippen molar-refractivity contribution in [1.82, 2.24) is 9.80 Å². The summed E-state index contributed by atoms with van der Waals surface area (Å²) in [5, 5.41) is 8.89. The van der Waals surface area contributed by atoms with E-state index in [0.29, 0.717) is 13.1 Å². The molecule has 0 heterocycles. The fourth-order valence-electron chi connectivity index (χ4n) is 1.79. The molecule has 0 aliphatic carbocycles. The van der Waals surface area contributed by atoms with Gasteiger partial charge in [-0.1, -0.05) is 6.08 Å². The van der Waals surface area contributed by atoms with Gasteiger partial charge in [0, 0.05) is 13.1 Å². The Hall–Kier alpha value is -1.40. The molecule has 0 spiro atoms. The summed E-state index contributed by atoms with van der Waals surface area (Å²) < 4.78 is 4.68. The number of carboxylic acid groups (broad SMARTS) is 1. The van der Waals surface area contributed by atoms with Crippen molar-refractivity contribution in [3.8, 4) is 0 Å². The van der Waals surface area contributed by atoms with Crippen molar-refractivity contribution >= 4 is 11.9 Å². The van der Waals surface area contributed by atoms with Crippen LogP contribution in [-0.4, -0.2) is 73.7 Å². The van der Waals surface area contributed by atoms with Gasteiger partial charge in [0.1, 0.15) is 6.04 Å². The fraction of sp³-hybridized carbons (Fsp3) is 0.692. The van der Waals surface area contributed by atoms with Crippen molar-refractivity contribution in [3.63, 3.8) is 0 Å². The van der Waals surface area contributed by atoms with Gasteiger partial charge in [-0.25, -0.2) is 0 Å². The summed E-state index contributed by atoms with van der Waals surface area (Å²) in [6.45, 7) is 5.59. The van der Waals surface area contributed by atoms with Gasteiger partial charge in [-0.3, -0.25) is 14.5 Å². The number of nitrogens with zero attached hydrogens (tertiary/aromatic N) is 2. The fourth-order valence-corrected chi connectivity index (χ4v) is 1.79. The molecule has 0 unspecified atom stereocenters. The maximum atomic E-state index is 11.7. The third kappa shape index (κ3) is 7.58. The van der Waals surface area contributed by atoms with Crippen molar-refractivity contribution in [1.29, 1.82) is 0 Å². The largest absolute Gasteiger partial charge is 0.481 e. The number of esters is 1. The van der Waals surface area contributed by atoms with Crippen LogP contribution in [0.5, 0.6) is 0 Å². The van der Waals surface area contributed by atoms with Crippen LogP contribution >= 0.6 is 0 Å². The molecule has 0 bridgehead atoms. The average Bonchev–Trinajstić information content (AvgIpc) is 2.33. The van der Waals surface area contributed by atoms with Gasteiger partial charge in [-0.2, -0.15) is 0 Å². The minimum Gasteiger partial charge on any atom is -0.481 e. The van der Waals surface area contributed by atoms with Gasteiger partial charge < -0.3 is 14.7 Å². The first kappa shape index (κ1) is 17.6. The van der Waals surface area contributed by atoms with Crippen LogP contribution in [0.25, 0.3) is 0 Å². The van der Waals surface area contributed by atoms with E-state index in [4.69, 9.17) is 5.11 Å². The van der Waals surface area contributed by atoms with Gasteiger partial charge in [0.2, 0.25) is 0 Å². The molecule has 0 aliphatic rings. The number of carbonyl (C=O) groups excluding carboxylic acids is 1. The van der Waals surface area contributed by atoms with Crippen molar-refractivity contribution in [2.75, 3.05) is 40.8 Å². The zero-order valence-corrected chi connectivity index (χ0v) is 12.0. The maximum absolute atomic E-state index is 11.7. The molecular formula is C13H24N2O4. The van der Waals surface area contributed by atoms with E-state index in [0.717, 1.165) is 13.0 Å². The number of hydrogen-bond donors (Lipinski definition) is 1. The molecule has 0 fully saturated rings. The number of rotatable bonds is 10. The number of hydrogen-bond acceptors (Lipinski definition) is 5. The summed E-state index contributed by atoms with van der Waals surface area (Å²) in [6, 6.07) is -0.761. The van der Waals surface area contributed by atoms with E-state index < -0.39 is 18.0 Å². The van der Waals surface area contributed by atoms with Crippen LogP contribution < -0.4 is 0 Å². The van der Waals surface area contributed by atoms with E-state index in [1.807, 2.05) is 19.0 Å². The molecule has 0 saturated heterocycles. The zero-order chi connectivity index (χ0) is 14.8. The average molecular weight is 272 g/mol. The third-order valence-electron chi connectivity index (χ3n) is 2.70. The van der Waals surface area contributed by atoms with Crippen LogP contribution in [0, 0.1) is 0 Å². The van der Waals surface area contributed by atoms with E-state index in [9.17, 15) is 9.59 Å². The van der Waals surface area contributed by atoms with Crippen LogP contribution in [-0.2, 0) is 14.3 Å². The highest BCUT2D eigenvalue weighted by Crippen LogP contribution is 2.08. The second kappa shape index (κ2) is 9.52. The Balaban J connectivity index is 4.68. The predicted molar refractivity (Wildman–Crippen MR) is 73.0 cm³/mol. The normalized spacial score (nSPS) is 12.5. The molecule has 0 aromatic carbocycles. The van der Waals surface area contributed by atoms with Gasteiger partial charge in [0.05, 0.1) is 13.5 Å². The monoisotopic (exact) mass is 272 g/mol. The summed E-state index contributed by atoms with van der Waals surface area (Å²) in [6.07, 6.45) is 2.24. The number of methoxy groups -OCH3 is 1. The van der Waals surface area contributed by atoms with Gasteiger partial charge in [0.25, 0.3) is 0 Å². The summed E-state index contributed by atoms with van der Waals surface area (Å²) in [4.78, 5) is 26.4. The van der Waals surface area contributed by atoms with Gasteiger partial charge in [-0.05, 0) is 27.1 Å². The number of aliphatic carboxylic acids is 1. The number of ether oxygens (including phenoxy) is 1. The van der Waals surface area contributed by atoms with Crippen LogP contribution in [0.3, 0.4) is 0 Å². The predicted octanol–water partition coefficient (Wildman–Crippen LogP) is 0.442. The molecule has 1 atom stereocenters. The summed E-state index contributed by atoms with van der Waals surface area (Å²) in [5.74, 6) is -1.54. The lowest BCUT2D eigenvalue weighted by atomic mass is 10.1. The molecule has 0 rings (SSSR count). The minimum absolute atomic E-state index is 0.261. The molecule has 0 aromatic rings. The minimum atomic E-state index is -1.02. The number of carboxylic acids is 1. The highest BCUT2D eigenvalue weighted by atomic mass is 16.5. The van der Waals surface area contributed by atoms with Crippen LogP contribution in [0.4, 0.5) is 0 Å². The van der Waals surface area contributed by atoms with E-state index in [1.54, 1.807) is 11.0 Å². The molecular weight excluding hydrogens is 248 g/mol. The third-order valence-corrected chi connectivity index (χ3v) is 2.70. The molecule has 0 aliphatic heterocycles. The maximum Gasteiger partial charge on any atom is 0.323 e. The Bertz CT molecular complexity index is 305. The molecule has 110 valence electrons. The van der Waals surface area contributed by atoms with Crippen molar-refractivity contribution in [2.45, 2.75) is 18.9 Å². The van der Waals surface area contributed by atoms with Gasteiger partial charge >= 0.3 is 11.9 Å². The van der Waals surface area contributed by atoms with Crippen LogP contribution in [0.2, 0.25) is 0 Å². The zero-order valence-electron chi connectivity index (χ0n) is 12.0. The second-order valence-electron chi connectivity index (χ2n) is 4.58. The first-order chi connectivity index (χ1) is 8.92. The van der Waals surface area contributed by atoms with Crippen molar-refractivity contribution < 1.29 is 19.4 Å². The lowest BCUT2D eigenvalue weighted by Gasteiger charge is -2.28. The molecule has 6 nitrogen and oxygen atoms in total. The SMILES string of the molecule is C=CCN(CCCN(C)C)[C@@H](CC(=O)O)C(=O)OC. The summed E-state index contributed by atoms with van der Waals surface area (Å²) in [5.41, 5.74) is 0. The molecule has 0 amide bonds. The van der Waals surface area contributed by atoms with Gasteiger partial charge in [-0.15, -0.1) is 6.58 Å². The Labute approximate surface area is 114 Å². The van der Waals surface area contributed by atoms with Gasteiger partial charge in [0.15, 0.2) is 0 Å². The highest BCUT2D eigenvalue weighted by Gasteiger charge is 2.28. The molecule has 19 heavy (non-hydrogen) atoms. The molecule has 0 radical (unpaired) electrons. The molecule has 0 aromatic heterocycles. The second-order valence-corrected chi connectivity index (χ2v) is 4.58. The Morgan fingerprint density at radius 2 is 2.00 bits per heavy atom. The first-order valence-corrected chi connectivity index (χ1v) is 6.21. The smallest absolute Gasteiger partial charge is 0.323 e. The molecule has 6 heteroatoms. The lowest BCUT2D eigenvalue weighted by molar-refractivity contribution is -0.152. The number of carbonyl (C=O) groups is 2. The molecule has 0 saturated carbocycles. The van der Waals surface area contributed by atoms with Crippen LogP contribution in [0.1, 0.15) is 12.8 Å². The van der Waals surface area contributed by atoms with Crippen LogP contribution in [0.15, 0.2) is 12.7 Å². The topological polar surface area (TPSA) is 70.1 Å². The Morgan fingerprint density at radius 1 is 1.37 bits per heavy atom. The van der Waals surface area contributed by atoms with E-state index in [1.165, 1.54) is 7.11 Å². The molecule has 1 N–H and O–H groups in total.